The maximum Gasteiger partial charge on any atom is 0.272 e. The average molecular weight is 187 g/mol. The van der Waals surface area contributed by atoms with Gasteiger partial charge in [-0.25, -0.2) is 0 Å². The second-order valence-electron chi connectivity index (χ2n) is 1.43. The van der Waals surface area contributed by atoms with Gasteiger partial charge in [-0.15, -0.1) is 0 Å². The second kappa shape index (κ2) is 7.64. The van der Waals surface area contributed by atoms with Crippen molar-refractivity contribution < 1.29 is 42.2 Å². The van der Waals surface area contributed by atoms with Gasteiger partial charge in [0.05, 0.1) is 0 Å². The molecule has 0 saturated carbocycles. The van der Waals surface area contributed by atoms with Gasteiger partial charge in [-0.1, -0.05) is 0 Å². The van der Waals surface area contributed by atoms with Gasteiger partial charge in [-0.2, -0.15) is 13.8 Å². The number of rotatable bonds is 3. The van der Waals surface area contributed by atoms with Crippen molar-refractivity contribution in [2.24, 2.45) is 0 Å². The molecule has 0 heterocycles. The zero-order chi connectivity index (χ0) is 5.70. The van der Waals surface area contributed by atoms with Crippen LogP contribution >= 0.6 is 0 Å². The van der Waals surface area contributed by atoms with Crippen LogP contribution in [0.4, 0.5) is 0 Å². The van der Waals surface area contributed by atoms with E-state index in [2.05, 4.69) is 4.65 Å². The van der Waals surface area contributed by atoms with E-state index in [4.69, 9.17) is 0 Å². The van der Waals surface area contributed by atoms with Crippen molar-refractivity contribution >= 4 is 14.0 Å². The van der Waals surface area contributed by atoms with E-state index in [0.717, 1.165) is 5.82 Å². The Kier molecular flexibility index (Phi) is 10.9. The molecule has 0 amide bonds. The first kappa shape index (κ1) is 11.4. The van der Waals surface area contributed by atoms with Crippen molar-refractivity contribution in [3.8, 4) is 0 Å². The van der Waals surface area contributed by atoms with Gasteiger partial charge in [0.1, 0.15) is 0 Å². The van der Waals surface area contributed by atoms with Gasteiger partial charge >= 0.3 is 0 Å². The molecule has 0 N–H and O–H groups in total. The van der Waals surface area contributed by atoms with Crippen molar-refractivity contribution in [3.63, 3.8) is 0 Å². The Morgan fingerprint density at radius 3 is 2.25 bits per heavy atom. The molecule has 0 saturated heterocycles. The van der Waals surface area contributed by atoms with Crippen LogP contribution in [0.5, 0.6) is 0 Å². The van der Waals surface area contributed by atoms with Gasteiger partial charge in [0, 0.05) is 32.7 Å². The molecule has 0 fully saturated rings. The summed E-state index contributed by atoms with van der Waals surface area (Å²) in [6.07, 6.45) is 0. The third kappa shape index (κ3) is 9.81. The first-order chi connectivity index (χ1) is 3.27. The Balaban J connectivity index is 0. The molecule has 0 aliphatic heterocycles. The SMILES string of the molecule is C[C-](C)[B]OC=O.[Y]. The number of carbonyl (C=O) groups excluding carboxylic acids is 1. The molecule has 0 atom stereocenters. The van der Waals surface area contributed by atoms with Crippen LogP contribution in [0.15, 0.2) is 0 Å². The Labute approximate surface area is 75.5 Å². The molecule has 2 radical (unpaired) electrons. The van der Waals surface area contributed by atoms with E-state index in [1.807, 2.05) is 13.8 Å². The monoisotopic (exact) mass is 187 g/mol. The summed E-state index contributed by atoms with van der Waals surface area (Å²) < 4.78 is 4.25. The van der Waals surface area contributed by atoms with Crippen LogP contribution in [-0.2, 0) is 42.2 Å². The minimum atomic E-state index is 0. The van der Waals surface area contributed by atoms with Gasteiger partial charge in [0.2, 0.25) is 0 Å². The molecule has 4 heteroatoms. The average Bonchev–Trinajstić information content (AvgIpc) is 1.61. The minimum Gasteiger partial charge on any atom is -0.581 e. The molecule has 42 valence electrons. The molecule has 0 aromatic carbocycles. The van der Waals surface area contributed by atoms with Gasteiger partial charge in [-0.3, -0.25) is 4.79 Å². The van der Waals surface area contributed by atoms with E-state index in [9.17, 15) is 4.79 Å². The summed E-state index contributed by atoms with van der Waals surface area (Å²) in [5.41, 5.74) is 0. The quantitative estimate of drug-likeness (QED) is 0.361. The van der Waals surface area contributed by atoms with E-state index in [1.165, 1.54) is 7.48 Å². The molecule has 8 heavy (non-hydrogen) atoms. The molecular weight excluding hydrogens is 180 g/mol. The normalized spacial score (nSPS) is 7.38. The van der Waals surface area contributed by atoms with Crippen LogP contribution in [0.1, 0.15) is 13.8 Å². The summed E-state index contributed by atoms with van der Waals surface area (Å²) in [5, 5.41) is 0. The molecular formula is C4H7BO2Y-. The van der Waals surface area contributed by atoms with Gasteiger partial charge < -0.3 is 10.5 Å². The standard InChI is InChI=1S/C4H7BO2.Y/c1-4(2)5-7-3-6;/h3H,1-2H3;/q-1;. The topological polar surface area (TPSA) is 26.3 Å². The maximum absolute atomic E-state index is 9.44. The second-order valence-corrected chi connectivity index (χ2v) is 1.43. The van der Waals surface area contributed by atoms with Crippen LogP contribution in [0.2, 0.25) is 0 Å². The predicted octanol–water partition coefficient (Wildman–Crippen LogP) is 0.348. The summed E-state index contributed by atoms with van der Waals surface area (Å²) in [7, 11) is 1.40. The number of hydrogen-bond donors (Lipinski definition) is 0. The molecule has 0 aliphatic rings. The Morgan fingerprint density at radius 2 is 2.12 bits per heavy atom. The zero-order valence-electron chi connectivity index (χ0n) is 5.05. The number of carbonyl (C=O) groups is 1. The third-order valence-corrected chi connectivity index (χ3v) is 0.359. The molecule has 0 spiro atoms. The van der Waals surface area contributed by atoms with Crippen molar-refractivity contribution in [3.05, 3.63) is 5.82 Å². The molecule has 0 aliphatic carbocycles. The molecule has 0 rings (SSSR count). The Hall–Kier alpha value is 0.639. The Bertz CT molecular complexity index is 58.0. The molecule has 2 nitrogen and oxygen atoms in total. The summed E-state index contributed by atoms with van der Waals surface area (Å²) in [6.45, 7) is 4.10. The minimum absolute atomic E-state index is 0. The molecule has 0 unspecified atom stereocenters. The van der Waals surface area contributed by atoms with Crippen LogP contribution in [0, 0.1) is 5.82 Å². The van der Waals surface area contributed by atoms with Gasteiger partial charge in [-0.05, 0) is 0 Å². The van der Waals surface area contributed by atoms with E-state index in [-0.39, 0.29) is 32.7 Å². The van der Waals surface area contributed by atoms with Crippen LogP contribution in [0.3, 0.4) is 0 Å². The fourth-order valence-electron chi connectivity index (χ4n) is 0.164. The zero-order valence-corrected chi connectivity index (χ0v) is 7.89. The van der Waals surface area contributed by atoms with Crippen LogP contribution in [-0.4, -0.2) is 14.0 Å². The smallest absolute Gasteiger partial charge is 0.272 e. The van der Waals surface area contributed by atoms with E-state index in [1.54, 1.807) is 0 Å². The Morgan fingerprint density at radius 1 is 1.62 bits per heavy atom. The first-order valence-corrected chi connectivity index (χ1v) is 2.00. The maximum atomic E-state index is 9.44. The molecule has 0 bridgehead atoms. The summed E-state index contributed by atoms with van der Waals surface area (Å²) >= 11 is 0. The largest absolute Gasteiger partial charge is 0.581 e. The van der Waals surface area contributed by atoms with Gasteiger partial charge in [0.25, 0.3) is 6.47 Å². The van der Waals surface area contributed by atoms with Crippen LogP contribution in [0.25, 0.3) is 0 Å². The summed E-state index contributed by atoms with van der Waals surface area (Å²) in [6, 6.07) is 0. The van der Waals surface area contributed by atoms with Crippen molar-refractivity contribution in [1.29, 1.82) is 0 Å². The van der Waals surface area contributed by atoms with E-state index >= 15 is 0 Å². The third-order valence-electron chi connectivity index (χ3n) is 0.359. The first-order valence-electron chi connectivity index (χ1n) is 2.00. The summed E-state index contributed by atoms with van der Waals surface area (Å²) in [4.78, 5) is 9.44. The molecule has 0 aromatic rings. The predicted molar refractivity (Wildman–Crippen MR) is 27.5 cm³/mol. The van der Waals surface area contributed by atoms with Gasteiger partial charge in [0.15, 0.2) is 7.48 Å². The van der Waals surface area contributed by atoms with Crippen molar-refractivity contribution in [1.82, 2.24) is 0 Å². The van der Waals surface area contributed by atoms with Crippen LogP contribution < -0.4 is 0 Å². The molecule has 0 aromatic heterocycles. The number of hydrogen-bond acceptors (Lipinski definition) is 2. The fourth-order valence-corrected chi connectivity index (χ4v) is 0.164. The van der Waals surface area contributed by atoms with E-state index in [0.29, 0.717) is 6.47 Å². The van der Waals surface area contributed by atoms with Crippen molar-refractivity contribution in [2.45, 2.75) is 13.8 Å². The van der Waals surface area contributed by atoms with E-state index < -0.39 is 0 Å². The summed E-state index contributed by atoms with van der Waals surface area (Å²) in [5.74, 6) is 0.979. The fraction of sp³-hybridized carbons (Fsp3) is 0.500. The van der Waals surface area contributed by atoms with Crippen molar-refractivity contribution in [2.75, 3.05) is 0 Å².